The van der Waals surface area contributed by atoms with Crippen LogP contribution in [0.25, 0.3) is 0 Å². The van der Waals surface area contributed by atoms with E-state index in [1.165, 1.54) is 0 Å². The summed E-state index contributed by atoms with van der Waals surface area (Å²) in [5.74, 6) is -0.0967. The fraction of sp³-hybridized carbons (Fsp3) is 0.692. The van der Waals surface area contributed by atoms with Gasteiger partial charge in [-0.1, -0.05) is 25.6 Å². The maximum absolute atomic E-state index is 12.6. The van der Waals surface area contributed by atoms with Crippen molar-refractivity contribution in [3.63, 3.8) is 0 Å². The van der Waals surface area contributed by atoms with Crippen molar-refractivity contribution in [1.82, 2.24) is 14.9 Å². The van der Waals surface area contributed by atoms with E-state index < -0.39 is 21.5 Å². The second kappa shape index (κ2) is 7.04. The Hall–Kier alpha value is -1.07. The molecule has 1 aliphatic heterocycles. The second-order valence-corrected chi connectivity index (χ2v) is 8.11. The molecule has 6 nitrogen and oxygen atoms in total. The van der Waals surface area contributed by atoms with Crippen molar-refractivity contribution in [2.75, 3.05) is 19.3 Å². The summed E-state index contributed by atoms with van der Waals surface area (Å²) in [5.41, 5.74) is -4.67. The van der Waals surface area contributed by atoms with Crippen LogP contribution < -0.4 is 4.18 Å². The minimum absolute atomic E-state index is 0.174. The average molecular weight is 385 g/mol. The van der Waals surface area contributed by atoms with Gasteiger partial charge in [-0.15, -0.1) is 0 Å². The SMILES string of the molecule is CSc1nc2c(c(OS(=O)(=O)C(F)(F)F)n1)CCN(CC(C)C)C2. The van der Waals surface area contributed by atoms with Crippen LogP contribution in [0, 0.1) is 5.92 Å². The number of hydrogen-bond donors (Lipinski definition) is 0. The third-order valence-corrected chi connectivity index (χ3v) is 4.86. The Morgan fingerprint density at radius 1 is 1.33 bits per heavy atom. The topological polar surface area (TPSA) is 72.4 Å². The minimum atomic E-state index is -5.75. The molecule has 0 fully saturated rings. The third-order valence-electron chi connectivity index (χ3n) is 3.36. The molecule has 0 radical (unpaired) electrons. The van der Waals surface area contributed by atoms with Crippen molar-refractivity contribution in [2.45, 2.75) is 37.5 Å². The van der Waals surface area contributed by atoms with Crippen molar-refractivity contribution in [3.05, 3.63) is 11.3 Å². The molecule has 136 valence electrons. The lowest BCUT2D eigenvalue weighted by Crippen LogP contribution is -2.35. The predicted molar refractivity (Wildman–Crippen MR) is 83.2 cm³/mol. The molecule has 0 N–H and O–H groups in total. The molecule has 0 amide bonds. The molecular formula is C13H18F3N3O3S2. The number of rotatable bonds is 5. The van der Waals surface area contributed by atoms with Crippen LogP contribution in [0.1, 0.15) is 25.1 Å². The van der Waals surface area contributed by atoms with Crippen LogP contribution >= 0.6 is 11.8 Å². The summed E-state index contributed by atoms with van der Waals surface area (Å²) < 4.78 is 64.6. The smallest absolute Gasteiger partial charge is 0.355 e. The number of nitrogens with zero attached hydrogens (tertiary/aromatic N) is 3. The molecule has 0 saturated carbocycles. The highest BCUT2D eigenvalue weighted by atomic mass is 32.2. The summed E-state index contributed by atoms with van der Waals surface area (Å²) >= 11 is 1.11. The maximum Gasteiger partial charge on any atom is 0.534 e. The minimum Gasteiger partial charge on any atom is -0.355 e. The Morgan fingerprint density at radius 3 is 2.54 bits per heavy atom. The van der Waals surface area contributed by atoms with E-state index in [2.05, 4.69) is 32.9 Å². The number of thioether (sulfide) groups is 1. The molecule has 1 aromatic heterocycles. The van der Waals surface area contributed by atoms with Gasteiger partial charge in [-0.3, -0.25) is 4.90 Å². The zero-order chi connectivity index (χ0) is 18.1. The Bertz CT molecular complexity index is 708. The summed E-state index contributed by atoms with van der Waals surface area (Å²) in [5, 5.41) is 0.174. The van der Waals surface area contributed by atoms with Crippen LogP contribution in [0.4, 0.5) is 13.2 Å². The van der Waals surface area contributed by atoms with Crippen molar-refractivity contribution in [1.29, 1.82) is 0 Å². The average Bonchev–Trinajstić information content (AvgIpc) is 2.44. The van der Waals surface area contributed by atoms with Gasteiger partial charge in [0.15, 0.2) is 5.16 Å². The van der Waals surface area contributed by atoms with Gasteiger partial charge in [-0.2, -0.15) is 26.6 Å². The van der Waals surface area contributed by atoms with Gasteiger partial charge in [-0.05, 0) is 18.6 Å². The van der Waals surface area contributed by atoms with Crippen LogP contribution in [-0.4, -0.2) is 48.1 Å². The van der Waals surface area contributed by atoms with Crippen LogP contribution in [-0.2, 0) is 23.1 Å². The van der Waals surface area contributed by atoms with Gasteiger partial charge in [0.1, 0.15) is 0 Å². The number of alkyl halides is 3. The largest absolute Gasteiger partial charge is 0.534 e. The van der Waals surface area contributed by atoms with Crippen molar-refractivity contribution < 1.29 is 25.8 Å². The van der Waals surface area contributed by atoms with Gasteiger partial charge in [0.2, 0.25) is 5.88 Å². The van der Waals surface area contributed by atoms with Crippen molar-refractivity contribution >= 4 is 21.9 Å². The fourth-order valence-electron chi connectivity index (χ4n) is 2.41. The number of fused-ring (bicyclic) bond motifs is 1. The lowest BCUT2D eigenvalue weighted by Gasteiger charge is -2.30. The zero-order valence-electron chi connectivity index (χ0n) is 13.4. The quantitative estimate of drug-likeness (QED) is 0.334. The first-order valence-corrected chi connectivity index (χ1v) is 9.83. The Morgan fingerprint density at radius 2 is 2.00 bits per heavy atom. The van der Waals surface area contributed by atoms with Crippen molar-refractivity contribution in [2.24, 2.45) is 5.92 Å². The summed E-state index contributed by atoms with van der Waals surface area (Å²) in [6.07, 6.45) is 1.98. The lowest BCUT2D eigenvalue weighted by atomic mass is 10.0. The Kier molecular flexibility index (Phi) is 5.65. The van der Waals surface area contributed by atoms with Crippen LogP contribution in [0.3, 0.4) is 0 Å². The lowest BCUT2D eigenvalue weighted by molar-refractivity contribution is -0.0502. The molecule has 0 saturated heterocycles. The van der Waals surface area contributed by atoms with Gasteiger partial charge in [0.05, 0.1) is 5.69 Å². The molecule has 11 heteroatoms. The highest BCUT2D eigenvalue weighted by Gasteiger charge is 2.49. The molecule has 2 heterocycles. The summed E-state index contributed by atoms with van der Waals surface area (Å²) in [7, 11) is -5.75. The molecule has 0 spiro atoms. The normalized spacial score (nSPS) is 16.3. The van der Waals surface area contributed by atoms with E-state index in [4.69, 9.17) is 0 Å². The van der Waals surface area contributed by atoms with Gasteiger partial charge in [-0.25, -0.2) is 4.98 Å². The molecule has 1 aliphatic rings. The molecule has 0 bridgehead atoms. The van der Waals surface area contributed by atoms with E-state index >= 15 is 0 Å². The monoisotopic (exact) mass is 385 g/mol. The molecule has 24 heavy (non-hydrogen) atoms. The van der Waals surface area contributed by atoms with Gasteiger partial charge >= 0.3 is 15.6 Å². The van der Waals surface area contributed by atoms with Gasteiger partial charge in [0, 0.05) is 25.2 Å². The molecule has 0 unspecified atom stereocenters. The standard InChI is InChI=1S/C13H18F3N3O3S2/c1-8(2)6-19-5-4-9-10(7-19)17-12(23-3)18-11(9)22-24(20,21)13(14,15)16/h8H,4-7H2,1-3H3. The summed E-state index contributed by atoms with van der Waals surface area (Å²) in [6, 6.07) is 0. The van der Waals surface area contributed by atoms with Crippen LogP contribution in [0.5, 0.6) is 5.88 Å². The number of aromatic nitrogens is 2. The molecule has 0 aromatic carbocycles. The highest BCUT2D eigenvalue weighted by molar-refractivity contribution is 7.98. The van der Waals surface area contributed by atoms with E-state index in [-0.39, 0.29) is 5.16 Å². The number of halogens is 3. The van der Waals surface area contributed by atoms with E-state index in [1.807, 2.05) is 0 Å². The van der Waals surface area contributed by atoms with Gasteiger partial charge in [0.25, 0.3) is 0 Å². The molecule has 0 aliphatic carbocycles. The van der Waals surface area contributed by atoms with Crippen LogP contribution in [0.15, 0.2) is 5.16 Å². The predicted octanol–water partition coefficient (Wildman–Crippen LogP) is 2.44. The van der Waals surface area contributed by atoms with E-state index in [1.54, 1.807) is 6.26 Å². The molecule has 2 rings (SSSR count). The first-order valence-electron chi connectivity index (χ1n) is 7.20. The highest BCUT2D eigenvalue weighted by Crippen LogP contribution is 2.32. The van der Waals surface area contributed by atoms with Crippen LogP contribution in [0.2, 0.25) is 0 Å². The Balaban J connectivity index is 2.37. The molecule has 1 aromatic rings. The van der Waals surface area contributed by atoms with E-state index in [0.29, 0.717) is 36.7 Å². The summed E-state index contributed by atoms with van der Waals surface area (Å²) in [6.45, 7) is 5.94. The summed E-state index contributed by atoms with van der Waals surface area (Å²) in [4.78, 5) is 10.2. The third kappa shape index (κ3) is 4.31. The second-order valence-electron chi connectivity index (χ2n) is 5.80. The number of hydrogen-bond acceptors (Lipinski definition) is 7. The molecular weight excluding hydrogens is 367 g/mol. The van der Waals surface area contributed by atoms with Gasteiger partial charge < -0.3 is 4.18 Å². The van der Waals surface area contributed by atoms with E-state index in [9.17, 15) is 21.6 Å². The molecule has 0 atom stereocenters. The fourth-order valence-corrected chi connectivity index (χ4v) is 3.23. The first kappa shape index (κ1) is 19.3. The zero-order valence-corrected chi connectivity index (χ0v) is 15.1. The van der Waals surface area contributed by atoms with E-state index in [0.717, 1.165) is 18.3 Å². The Labute approximate surface area is 142 Å². The maximum atomic E-state index is 12.6. The van der Waals surface area contributed by atoms with Crippen molar-refractivity contribution in [3.8, 4) is 5.88 Å². The first-order chi connectivity index (χ1) is 11.0.